The molecule has 0 N–H and O–H groups in total. The van der Waals surface area contributed by atoms with Crippen molar-refractivity contribution in [3.05, 3.63) is 77.9 Å². The van der Waals surface area contributed by atoms with E-state index in [0.29, 0.717) is 6.61 Å². The van der Waals surface area contributed by atoms with Crippen LogP contribution in [0.25, 0.3) is 16.3 Å². The normalized spacial score (nSPS) is 14.9. The fourth-order valence-corrected chi connectivity index (χ4v) is 4.07. The van der Waals surface area contributed by atoms with E-state index in [1.807, 2.05) is 6.07 Å². The predicted octanol–water partition coefficient (Wildman–Crippen LogP) is 6.16. The monoisotopic (exact) mass is 401 g/mol. The highest BCUT2D eigenvalue weighted by molar-refractivity contribution is 5.91. The van der Waals surface area contributed by atoms with E-state index in [1.165, 1.54) is 21.9 Å². The van der Waals surface area contributed by atoms with Gasteiger partial charge in [-0.15, -0.1) is 0 Å². The summed E-state index contributed by atoms with van der Waals surface area (Å²) < 4.78 is 12.3. The zero-order valence-corrected chi connectivity index (χ0v) is 18.4. The molecule has 0 amide bonds. The standard InChI is InChI=1S/C27H31NO2/c1-5-28(6-2)15-16-29-23-13-14-24-25(19-27(3,4)30-26(24)18-23)22-12-11-20-9-7-8-10-21(20)17-22/h7-14,17-19H,5-6,15-16H2,1-4H3. The van der Waals surface area contributed by atoms with E-state index in [4.69, 9.17) is 9.47 Å². The quantitative estimate of drug-likeness (QED) is 0.473. The van der Waals surface area contributed by atoms with Crippen LogP contribution in [0.2, 0.25) is 0 Å². The molecule has 0 spiro atoms. The molecular formula is C27H31NO2. The number of likely N-dealkylation sites (N-methyl/N-ethyl adjacent to an activating group) is 1. The van der Waals surface area contributed by atoms with Gasteiger partial charge in [-0.1, -0.05) is 50.2 Å². The Kier molecular flexibility index (Phi) is 5.83. The largest absolute Gasteiger partial charge is 0.492 e. The zero-order chi connectivity index (χ0) is 21.1. The first-order valence-corrected chi connectivity index (χ1v) is 10.9. The average molecular weight is 402 g/mol. The van der Waals surface area contributed by atoms with Crippen LogP contribution in [0, 0.1) is 0 Å². The SMILES string of the molecule is CCN(CC)CCOc1ccc2c(c1)OC(C)(C)C=C2c1ccc2ccccc2c1. The van der Waals surface area contributed by atoms with Gasteiger partial charge in [0.05, 0.1) is 0 Å². The van der Waals surface area contributed by atoms with Crippen molar-refractivity contribution < 1.29 is 9.47 Å². The summed E-state index contributed by atoms with van der Waals surface area (Å²) in [5.41, 5.74) is 3.15. The molecule has 0 aromatic heterocycles. The van der Waals surface area contributed by atoms with Gasteiger partial charge in [-0.2, -0.15) is 0 Å². The van der Waals surface area contributed by atoms with E-state index in [0.717, 1.165) is 36.7 Å². The molecular weight excluding hydrogens is 370 g/mol. The Morgan fingerprint density at radius 2 is 1.67 bits per heavy atom. The van der Waals surface area contributed by atoms with Crippen molar-refractivity contribution in [1.29, 1.82) is 0 Å². The van der Waals surface area contributed by atoms with Crippen molar-refractivity contribution in [1.82, 2.24) is 4.90 Å². The van der Waals surface area contributed by atoms with Crippen LogP contribution in [0.15, 0.2) is 66.7 Å². The summed E-state index contributed by atoms with van der Waals surface area (Å²) in [6.45, 7) is 12.3. The van der Waals surface area contributed by atoms with Crippen LogP contribution >= 0.6 is 0 Å². The van der Waals surface area contributed by atoms with Gasteiger partial charge in [0.15, 0.2) is 0 Å². The van der Waals surface area contributed by atoms with Crippen LogP contribution in [0.1, 0.15) is 38.8 Å². The maximum Gasteiger partial charge on any atom is 0.132 e. The third-order valence-electron chi connectivity index (χ3n) is 5.74. The highest BCUT2D eigenvalue weighted by atomic mass is 16.5. The summed E-state index contributed by atoms with van der Waals surface area (Å²) in [7, 11) is 0. The summed E-state index contributed by atoms with van der Waals surface area (Å²) in [6, 6.07) is 21.4. The Labute approximate surface area is 179 Å². The van der Waals surface area contributed by atoms with Gasteiger partial charge in [-0.25, -0.2) is 0 Å². The maximum absolute atomic E-state index is 6.30. The van der Waals surface area contributed by atoms with Crippen molar-refractivity contribution in [3.8, 4) is 11.5 Å². The molecule has 0 bridgehead atoms. The summed E-state index contributed by atoms with van der Waals surface area (Å²) in [5, 5.41) is 2.50. The van der Waals surface area contributed by atoms with Crippen LogP contribution in [0.4, 0.5) is 0 Å². The Hall–Kier alpha value is -2.78. The molecule has 30 heavy (non-hydrogen) atoms. The molecule has 0 saturated carbocycles. The fourth-order valence-electron chi connectivity index (χ4n) is 4.07. The molecule has 0 saturated heterocycles. The van der Waals surface area contributed by atoms with Gasteiger partial charge in [0.2, 0.25) is 0 Å². The highest BCUT2D eigenvalue weighted by Crippen LogP contribution is 2.41. The third kappa shape index (κ3) is 4.36. The van der Waals surface area contributed by atoms with Crippen LogP contribution in [-0.4, -0.2) is 36.7 Å². The van der Waals surface area contributed by atoms with Crippen molar-refractivity contribution in [2.24, 2.45) is 0 Å². The molecule has 0 radical (unpaired) electrons. The molecule has 1 heterocycles. The number of ether oxygens (including phenoxy) is 2. The lowest BCUT2D eigenvalue weighted by Crippen LogP contribution is -2.29. The minimum Gasteiger partial charge on any atom is -0.492 e. The van der Waals surface area contributed by atoms with Gasteiger partial charge in [0, 0.05) is 18.2 Å². The predicted molar refractivity (Wildman–Crippen MR) is 125 cm³/mol. The second-order valence-electron chi connectivity index (χ2n) is 8.36. The van der Waals surface area contributed by atoms with E-state index in [9.17, 15) is 0 Å². The molecule has 3 nitrogen and oxygen atoms in total. The molecule has 1 aliphatic heterocycles. The molecule has 3 heteroatoms. The first-order chi connectivity index (χ1) is 14.5. The van der Waals surface area contributed by atoms with Crippen LogP contribution in [0.3, 0.4) is 0 Å². The maximum atomic E-state index is 6.30. The van der Waals surface area contributed by atoms with Gasteiger partial charge < -0.3 is 14.4 Å². The van der Waals surface area contributed by atoms with Crippen molar-refractivity contribution in [2.45, 2.75) is 33.3 Å². The summed E-state index contributed by atoms with van der Waals surface area (Å²) in [6.07, 6.45) is 2.22. The molecule has 0 atom stereocenters. The Bertz CT molecular complexity index is 1060. The lowest BCUT2D eigenvalue weighted by atomic mass is 9.89. The van der Waals surface area contributed by atoms with E-state index in [-0.39, 0.29) is 5.60 Å². The lowest BCUT2D eigenvalue weighted by Gasteiger charge is -2.31. The van der Waals surface area contributed by atoms with Crippen molar-refractivity contribution in [3.63, 3.8) is 0 Å². The smallest absolute Gasteiger partial charge is 0.132 e. The zero-order valence-electron chi connectivity index (χ0n) is 18.4. The van der Waals surface area contributed by atoms with Gasteiger partial charge in [0.25, 0.3) is 0 Å². The molecule has 1 aliphatic rings. The number of nitrogens with zero attached hydrogens (tertiary/aromatic N) is 1. The summed E-state index contributed by atoms with van der Waals surface area (Å²) in [4.78, 5) is 2.36. The van der Waals surface area contributed by atoms with Crippen LogP contribution in [-0.2, 0) is 0 Å². The van der Waals surface area contributed by atoms with E-state index < -0.39 is 0 Å². The minimum atomic E-state index is -0.381. The van der Waals surface area contributed by atoms with Crippen LogP contribution in [0.5, 0.6) is 11.5 Å². The Balaban J connectivity index is 1.63. The van der Waals surface area contributed by atoms with Crippen molar-refractivity contribution in [2.75, 3.05) is 26.2 Å². The minimum absolute atomic E-state index is 0.381. The van der Waals surface area contributed by atoms with Crippen molar-refractivity contribution >= 4 is 16.3 Å². The molecule has 0 aliphatic carbocycles. The topological polar surface area (TPSA) is 21.7 Å². The highest BCUT2D eigenvalue weighted by Gasteiger charge is 2.27. The van der Waals surface area contributed by atoms with Crippen LogP contribution < -0.4 is 9.47 Å². The lowest BCUT2D eigenvalue weighted by molar-refractivity contribution is 0.157. The molecule has 4 rings (SSSR count). The van der Waals surface area contributed by atoms with Gasteiger partial charge >= 0.3 is 0 Å². The van der Waals surface area contributed by atoms with Gasteiger partial charge in [0.1, 0.15) is 23.7 Å². The first-order valence-electron chi connectivity index (χ1n) is 10.9. The van der Waals surface area contributed by atoms with Gasteiger partial charge in [-0.3, -0.25) is 0 Å². The number of rotatable bonds is 7. The Morgan fingerprint density at radius 1 is 0.900 bits per heavy atom. The van der Waals surface area contributed by atoms with Gasteiger partial charge in [-0.05, 0) is 73.1 Å². The number of fused-ring (bicyclic) bond motifs is 2. The second-order valence-corrected chi connectivity index (χ2v) is 8.36. The third-order valence-corrected chi connectivity index (χ3v) is 5.74. The fraction of sp³-hybridized carbons (Fsp3) is 0.333. The van der Waals surface area contributed by atoms with E-state index in [2.05, 4.69) is 93.3 Å². The second kappa shape index (κ2) is 8.53. The Morgan fingerprint density at radius 3 is 2.43 bits per heavy atom. The average Bonchev–Trinajstić information content (AvgIpc) is 2.75. The molecule has 0 unspecified atom stereocenters. The van der Waals surface area contributed by atoms with E-state index in [1.54, 1.807) is 0 Å². The molecule has 3 aromatic rings. The number of hydrogen-bond donors (Lipinski definition) is 0. The van der Waals surface area contributed by atoms with E-state index >= 15 is 0 Å². The number of benzene rings is 3. The first kappa shape index (κ1) is 20.5. The summed E-state index contributed by atoms with van der Waals surface area (Å²) in [5.74, 6) is 1.74. The summed E-state index contributed by atoms with van der Waals surface area (Å²) >= 11 is 0. The number of hydrogen-bond acceptors (Lipinski definition) is 3. The molecule has 3 aromatic carbocycles. The molecule has 0 fully saturated rings. The molecule has 156 valence electrons.